The molecule has 0 spiro atoms. The van der Waals surface area contributed by atoms with Gasteiger partial charge in [0.15, 0.2) is 0 Å². The minimum atomic E-state index is 0.240. The lowest BCUT2D eigenvalue weighted by atomic mass is 10.4. The second-order valence-electron chi connectivity index (χ2n) is 2.64. The van der Waals surface area contributed by atoms with Crippen LogP contribution in [-0.4, -0.2) is 14.5 Å². The molecule has 3 nitrogen and oxygen atoms in total. The summed E-state index contributed by atoms with van der Waals surface area (Å²) >= 11 is 0. The molecule has 0 bridgehead atoms. The smallest absolute Gasteiger partial charge is 0.141 e. The average Bonchev–Trinajstić information content (AvgIpc) is 2.46. The summed E-state index contributed by atoms with van der Waals surface area (Å²) in [4.78, 5) is 4.24. The molecule has 0 fully saturated rings. The fourth-order valence-corrected chi connectivity index (χ4v) is 1.12. The first-order valence-corrected chi connectivity index (χ1v) is 3.89. The molecule has 0 aromatic carbocycles. The van der Waals surface area contributed by atoms with Gasteiger partial charge in [-0.3, -0.25) is 4.40 Å². The summed E-state index contributed by atoms with van der Waals surface area (Å²) in [7, 11) is 0. The van der Waals surface area contributed by atoms with Gasteiger partial charge in [-0.2, -0.15) is 0 Å². The topological polar surface area (TPSA) is 37.5 Å². The maximum Gasteiger partial charge on any atom is 0.141 e. The molecule has 1 radical (unpaired) electrons. The summed E-state index contributed by atoms with van der Waals surface area (Å²) in [6, 6.07) is 3.24. The number of aromatic nitrogens is 2. The Morgan fingerprint density at radius 2 is 2.50 bits per heavy atom. The normalized spacial score (nSPS) is 10.8. The number of hydrogen-bond acceptors (Lipinski definition) is 2. The van der Waals surface area contributed by atoms with Gasteiger partial charge in [0.2, 0.25) is 0 Å². The van der Waals surface area contributed by atoms with E-state index in [1.165, 1.54) is 0 Å². The van der Waals surface area contributed by atoms with E-state index in [0.717, 1.165) is 17.8 Å². The number of aromatic hydroxyl groups is 1. The van der Waals surface area contributed by atoms with Gasteiger partial charge in [0.25, 0.3) is 0 Å². The van der Waals surface area contributed by atoms with Crippen molar-refractivity contribution in [3.63, 3.8) is 0 Å². The van der Waals surface area contributed by atoms with Crippen molar-refractivity contribution >= 4 is 5.65 Å². The Balaban J connectivity index is 2.67. The fourth-order valence-electron chi connectivity index (χ4n) is 1.12. The maximum absolute atomic E-state index is 9.14. The van der Waals surface area contributed by atoms with E-state index >= 15 is 0 Å². The van der Waals surface area contributed by atoms with Gasteiger partial charge in [0, 0.05) is 12.3 Å². The third kappa shape index (κ3) is 1.03. The van der Waals surface area contributed by atoms with Crippen LogP contribution in [0.1, 0.15) is 12.6 Å². The van der Waals surface area contributed by atoms with E-state index in [-0.39, 0.29) is 5.75 Å². The van der Waals surface area contributed by atoms with Gasteiger partial charge in [-0.1, -0.05) is 6.92 Å². The predicted molar refractivity (Wildman–Crippen MR) is 45.1 cm³/mol. The molecule has 0 aliphatic carbocycles. The number of aryl methyl sites for hydroxylation is 1. The second-order valence-corrected chi connectivity index (χ2v) is 2.64. The highest BCUT2D eigenvalue weighted by Crippen LogP contribution is 2.12. The first-order chi connectivity index (χ1) is 5.79. The molecular formula is C9H9N2O. The van der Waals surface area contributed by atoms with E-state index in [1.54, 1.807) is 22.7 Å². The van der Waals surface area contributed by atoms with E-state index < -0.39 is 0 Å². The number of hydrogen-bond donors (Lipinski definition) is 1. The van der Waals surface area contributed by atoms with Crippen LogP contribution in [0.25, 0.3) is 5.65 Å². The van der Waals surface area contributed by atoms with Gasteiger partial charge in [-0.15, -0.1) is 0 Å². The highest BCUT2D eigenvalue weighted by Gasteiger charge is 1.99. The molecule has 0 aliphatic rings. The summed E-state index contributed by atoms with van der Waals surface area (Å²) in [5.41, 5.74) is 1.66. The number of fused-ring (bicyclic) bond motifs is 1. The van der Waals surface area contributed by atoms with Crippen molar-refractivity contribution in [2.24, 2.45) is 0 Å². The van der Waals surface area contributed by atoms with Crippen molar-refractivity contribution in [1.82, 2.24) is 9.38 Å². The Morgan fingerprint density at radius 3 is 3.25 bits per heavy atom. The van der Waals surface area contributed by atoms with E-state index in [1.807, 2.05) is 6.92 Å². The number of imidazole rings is 1. The number of rotatable bonds is 1. The molecule has 0 saturated heterocycles. The molecule has 0 atom stereocenters. The van der Waals surface area contributed by atoms with Crippen molar-refractivity contribution < 1.29 is 5.11 Å². The van der Waals surface area contributed by atoms with Gasteiger partial charge < -0.3 is 5.11 Å². The lowest BCUT2D eigenvalue weighted by Crippen LogP contribution is -1.79. The zero-order valence-corrected chi connectivity index (χ0v) is 6.78. The van der Waals surface area contributed by atoms with Crippen LogP contribution < -0.4 is 0 Å². The Labute approximate surface area is 70.3 Å². The third-order valence-electron chi connectivity index (χ3n) is 1.75. The van der Waals surface area contributed by atoms with E-state index in [9.17, 15) is 0 Å². The third-order valence-corrected chi connectivity index (χ3v) is 1.75. The van der Waals surface area contributed by atoms with E-state index in [2.05, 4.69) is 11.2 Å². The van der Waals surface area contributed by atoms with Gasteiger partial charge in [0.1, 0.15) is 11.4 Å². The summed E-state index contributed by atoms with van der Waals surface area (Å²) in [5, 5.41) is 9.14. The van der Waals surface area contributed by atoms with Gasteiger partial charge in [0.05, 0.1) is 11.9 Å². The Hall–Kier alpha value is -1.51. The first-order valence-electron chi connectivity index (χ1n) is 3.89. The van der Waals surface area contributed by atoms with Crippen LogP contribution in [0.3, 0.4) is 0 Å². The molecule has 2 aromatic rings. The summed E-state index contributed by atoms with van der Waals surface area (Å²) in [5.74, 6) is 0.240. The second kappa shape index (κ2) is 2.52. The predicted octanol–water partition coefficient (Wildman–Crippen LogP) is 1.40. The minimum Gasteiger partial charge on any atom is -0.508 e. The highest BCUT2D eigenvalue weighted by molar-refractivity contribution is 5.44. The van der Waals surface area contributed by atoms with Crippen molar-refractivity contribution in [3.05, 3.63) is 30.2 Å². The van der Waals surface area contributed by atoms with Crippen LogP contribution in [0.5, 0.6) is 5.75 Å². The molecule has 3 heteroatoms. The lowest BCUT2D eigenvalue weighted by Gasteiger charge is -1.91. The number of nitrogens with zero attached hydrogens (tertiary/aromatic N) is 2. The molecule has 1 N–H and O–H groups in total. The van der Waals surface area contributed by atoms with Crippen LogP contribution in [0.4, 0.5) is 0 Å². The molecule has 0 aliphatic heterocycles. The SMILES string of the molecule is CCc1[c]n2ccc(O)cc2n1. The van der Waals surface area contributed by atoms with Crippen molar-refractivity contribution in [3.8, 4) is 5.75 Å². The van der Waals surface area contributed by atoms with E-state index in [4.69, 9.17) is 5.11 Å². The largest absolute Gasteiger partial charge is 0.508 e. The molecule has 0 saturated carbocycles. The quantitative estimate of drug-likeness (QED) is 0.686. The summed E-state index contributed by atoms with van der Waals surface area (Å²) < 4.78 is 1.78. The molecule has 0 amide bonds. The van der Waals surface area contributed by atoms with Crippen LogP contribution in [0, 0.1) is 6.20 Å². The highest BCUT2D eigenvalue weighted by atomic mass is 16.3. The first kappa shape index (κ1) is 7.16. The van der Waals surface area contributed by atoms with Gasteiger partial charge in [-0.05, 0) is 12.5 Å². The van der Waals surface area contributed by atoms with Crippen molar-refractivity contribution in [2.75, 3.05) is 0 Å². The molecule has 61 valence electrons. The lowest BCUT2D eigenvalue weighted by molar-refractivity contribution is 0.475. The van der Waals surface area contributed by atoms with Crippen LogP contribution in [0.15, 0.2) is 18.3 Å². The zero-order chi connectivity index (χ0) is 8.55. The van der Waals surface area contributed by atoms with Gasteiger partial charge >= 0.3 is 0 Å². The minimum absolute atomic E-state index is 0.240. The zero-order valence-electron chi connectivity index (χ0n) is 6.78. The average molecular weight is 161 g/mol. The molecule has 0 unspecified atom stereocenters. The molecule has 2 heterocycles. The molecule has 12 heavy (non-hydrogen) atoms. The maximum atomic E-state index is 9.14. The molecule has 2 aromatic heterocycles. The molecular weight excluding hydrogens is 152 g/mol. The monoisotopic (exact) mass is 161 g/mol. The standard InChI is InChI=1S/C9H9N2O/c1-2-7-6-11-4-3-8(12)5-9(11)10-7/h3-5,12H,2H2,1H3. The molecule has 2 rings (SSSR count). The van der Waals surface area contributed by atoms with E-state index in [0.29, 0.717) is 0 Å². The van der Waals surface area contributed by atoms with Crippen LogP contribution in [0.2, 0.25) is 0 Å². The summed E-state index contributed by atoms with van der Waals surface area (Å²) in [6.45, 7) is 2.03. The van der Waals surface area contributed by atoms with Crippen LogP contribution in [-0.2, 0) is 6.42 Å². The fraction of sp³-hybridized carbons (Fsp3) is 0.222. The Morgan fingerprint density at radius 1 is 1.67 bits per heavy atom. The van der Waals surface area contributed by atoms with Crippen LogP contribution >= 0.6 is 0 Å². The van der Waals surface area contributed by atoms with Gasteiger partial charge in [-0.25, -0.2) is 4.98 Å². The Kier molecular flexibility index (Phi) is 1.50. The summed E-state index contributed by atoms with van der Waals surface area (Å²) in [6.07, 6.45) is 5.68. The van der Waals surface area contributed by atoms with Crippen molar-refractivity contribution in [1.29, 1.82) is 0 Å². The van der Waals surface area contributed by atoms with Crippen molar-refractivity contribution in [2.45, 2.75) is 13.3 Å². The number of pyridine rings is 1. The Bertz CT molecular complexity index is 406.